The molecule has 0 spiro atoms. The Labute approximate surface area is 193 Å². The van der Waals surface area contributed by atoms with E-state index in [0.717, 1.165) is 4.47 Å². The molecule has 7 nitrogen and oxygen atoms in total. The van der Waals surface area contributed by atoms with Gasteiger partial charge in [-0.15, -0.1) is 0 Å². The molecule has 2 aromatic carbocycles. The SMILES string of the molecule is COc1cc(C2c3c(oc4ccc(Br)cc4c3=O)C(=O)N2CCCOC(C)C)ccc1O. The van der Waals surface area contributed by atoms with Crippen LogP contribution in [0.2, 0.25) is 0 Å². The summed E-state index contributed by atoms with van der Waals surface area (Å²) < 4.78 is 17.6. The van der Waals surface area contributed by atoms with E-state index >= 15 is 0 Å². The number of phenolic OH excluding ortho intramolecular Hbond substituents is 1. The topological polar surface area (TPSA) is 89.2 Å². The van der Waals surface area contributed by atoms with E-state index in [0.29, 0.717) is 36.1 Å². The summed E-state index contributed by atoms with van der Waals surface area (Å²) in [5.74, 6) is -0.0540. The summed E-state index contributed by atoms with van der Waals surface area (Å²) in [4.78, 5) is 28.5. The zero-order valence-electron chi connectivity index (χ0n) is 18.1. The van der Waals surface area contributed by atoms with E-state index in [9.17, 15) is 14.7 Å². The molecule has 1 amide bonds. The van der Waals surface area contributed by atoms with Gasteiger partial charge in [0.2, 0.25) is 5.76 Å². The molecule has 0 fully saturated rings. The Hall–Kier alpha value is -2.84. The minimum absolute atomic E-state index is 0.0212. The summed E-state index contributed by atoms with van der Waals surface area (Å²) in [5.41, 5.74) is 1.04. The molecule has 168 valence electrons. The van der Waals surface area contributed by atoms with E-state index in [4.69, 9.17) is 13.9 Å². The van der Waals surface area contributed by atoms with Crippen molar-refractivity contribution in [3.63, 3.8) is 0 Å². The van der Waals surface area contributed by atoms with E-state index in [1.807, 2.05) is 13.8 Å². The van der Waals surface area contributed by atoms with Crippen LogP contribution in [0.4, 0.5) is 0 Å². The molecule has 1 atom stereocenters. The van der Waals surface area contributed by atoms with Crippen LogP contribution in [0.1, 0.15) is 48.0 Å². The molecule has 3 aromatic rings. The molecule has 1 unspecified atom stereocenters. The van der Waals surface area contributed by atoms with Crippen molar-refractivity contribution in [3.8, 4) is 11.5 Å². The van der Waals surface area contributed by atoms with Crippen molar-refractivity contribution < 1.29 is 23.8 Å². The number of benzene rings is 2. The highest BCUT2D eigenvalue weighted by molar-refractivity contribution is 9.10. The molecule has 32 heavy (non-hydrogen) atoms. The van der Waals surface area contributed by atoms with Gasteiger partial charge in [-0.2, -0.15) is 0 Å². The van der Waals surface area contributed by atoms with Gasteiger partial charge in [-0.3, -0.25) is 9.59 Å². The van der Waals surface area contributed by atoms with Gasteiger partial charge < -0.3 is 23.9 Å². The normalized spacial score (nSPS) is 15.6. The fourth-order valence-corrected chi connectivity index (χ4v) is 4.35. The molecule has 0 saturated carbocycles. The molecule has 1 aliphatic heterocycles. The summed E-state index contributed by atoms with van der Waals surface area (Å²) in [5, 5.41) is 10.4. The molecule has 1 N–H and O–H groups in total. The maximum absolute atomic E-state index is 13.5. The average Bonchev–Trinajstić information content (AvgIpc) is 3.04. The van der Waals surface area contributed by atoms with Crippen molar-refractivity contribution in [3.05, 3.63) is 68.0 Å². The second-order valence-corrected chi connectivity index (χ2v) is 8.84. The molecule has 0 bridgehead atoms. The van der Waals surface area contributed by atoms with Gasteiger partial charge in [-0.25, -0.2) is 0 Å². The van der Waals surface area contributed by atoms with E-state index in [1.54, 1.807) is 35.2 Å². The number of methoxy groups -OCH3 is 1. The zero-order chi connectivity index (χ0) is 23.0. The van der Waals surface area contributed by atoms with Crippen molar-refractivity contribution in [2.45, 2.75) is 32.4 Å². The average molecular weight is 502 g/mol. The Morgan fingerprint density at radius 2 is 1.97 bits per heavy atom. The fraction of sp³-hybridized carbons (Fsp3) is 0.333. The van der Waals surface area contributed by atoms with Crippen molar-refractivity contribution in [2.24, 2.45) is 0 Å². The summed E-state index contributed by atoms with van der Waals surface area (Å²) >= 11 is 3.40. The first-order chi connectivity index (χ1) is 15.3. The smallest absolute Gasteiger partial charge is 0.290 e. The molecule has 2 heterocycles. The number of ether oxygens (including phenoxy) is 2. The number of halogens is 1. The van der Waals surface area contributed by atoms with Gasteiger partial charge in [-0.1, -0.05) is 22.0 Å². The molecule has 1 aromatic heterocycles. The van der Waals surface area contributed by atoms with Gasteiger partial charge in [0.15, 0.2) is 16.9 Å². The lowest BCUT2D eigenvalue weighted by Gasteiger charge is -2.25. The first kappa shape index (κ1) is 22.4. The second-order valence-electron chi connectivity index (χ2n) is 7.92. The van der Waals surface area contributed by atoms with E-state index in [2.05, 4.69) is 15.9 Å². The first-order valence-corrected chi connectivity index (χ1v) is 11.2. The maximum Gasteiger partial charge on any atom is 0.290 e. The third-order valence-corrected chi connectivity index (χ3v) is 5.94. The van der Waals surface area contributed by atoms with Gasteiger partial charge in [0.05, 0.1) is 30.2 Å². The quantitative estimate of drug-likeness (QED) is 0.474. The predicted molar refractivity (Wildman–Crippen MR) is 123 cm³/mol. The van der Waals surface area contributed by atoms with E-state index in [1.165, 1.54) is 13.2 Å². The first-order valence-electron chi connectivity index (χ1n) is 10.4. The Bertz CT molecular complexity index is 1240. The number of hydrogen-bond acceptors (Lipinski definition) is 6. The Kier molecular flexibility index (Phi) is 6.26. The number of amides is 1. The summed E-state index contributed by atoms with van der Waals surface area (Å²) in [6.07, 6.45) is 0.689. The largest absolute Gasteiger partial charge is 0.504 e. The van der Waals surface area contributed by atoms with Crippen LogP contribution in [-0.2, 0) is 4.74 Å². The molecule has 0 aliphatic carbocycles. The summed E-state index contributed by atoms with van der Waals surface area (Å²) in [6.45, 7) is 4.77. The minimum atomic E-state index is -0.661. The number of aromatic hydroxyl groups is 1. The minimum Gasteiger partial charge on any atom is -0.504 e. The van der Waals surface area contributed by atoms with E-state index < -0.39 is 6.04 Å². The van der Waals surface area contributed by atoms with Crippen LogP contribution in [0.3, 0.4) is 0 Å². The number of hydrogen-bond donors (Lipinski definition) is 1. The van der Waals surface area contributed by atoms with Crippen molar-refractivity contribution in [1.29, 1.82) is 0 Å². The van der Waals surface area contributed by atoms with Crippen molar-refractivity contribution in [1.82, 2.24) is 4.90 Å². The summed E-state index contributed by atoms with van der Waals surface area (Å²) in [7, 11) is 1.45. The monoisotopic (exact) mass is 501 g/mol. The zero-order valence-corrected chi connectivity index (χ0v) is 19.6. The predicted octanol–water partition coefficient (Wildman–Crippen LogP) is 4.63. The fourth-order valence-electron chi connectivity index (χ4n) is 3.99. The number of carbonyl (C=O) groups excluding carboxylic acids is 1. The lowest BCUT2D eigenvalue weighted by molar-refractivity contribution is 0.0593. The highest BCUT2D eigenvalue weighted by atomic mass is 79.9. The number of fused-ring (bicyclic) bond motifs is 2. The van der Waals surface area contributed by atoms with E-state index in [-0.39, 0.29) is 40.3 Å². The van der Waals surface area contributed by atoms with Crippen LogP contribution in [0, 0.1) is 0 Å². The highest BCUT2D eigenvalue weighted by Gasteiger charge is 2.42. The molecular formula is C24H24BrNO6. The van der Waals surface area contributed by atoms with Crippen LogP contribution >= 0.6 is 15.9 Å². The highest BCUT2D eigenvalue weighted by Crippen LogP contribution is 2.40. The van der Waals surface area contributed by atoms with Crippen LogP contribution in [0.25, 0.3) is 11.0 Å². The van der Waals surface area contributed by atoms with Gasteiger partial charge >= 0.3 is 0 Å². The third-order valence-electron chi connectivity index (χ3n) is 5.44. The van der Waals surface area contributed by atoms with Crippen molar-refractivity contribution >= 4 is 32.8 Å². The lowest BCUT2D eigenvalue weighted by Crippen LogP contribution is -2.31. The van der Waals surface area contributed by atoms with Gasteiger partial charge in [0, 0.05) is 17.6 Å². The molecule has 8 heteroatoms. The number of carbonyl (C=O) groups is 1. The second kappa shape index (κ2) is 8.96. The number of phenols is 1. The molecule has 0 saturated heterocycles. The van der Waals surface area contributed by atoms with Crippen molar-refractivity contribution in [2.75, 3.05) is 20.3 Å². The lowest BCUT2D eigenvalue weighted by atomic mass is 9.98. The Morgan fingerprint density at radius 3 is 2.69 bits per heavy atom. The number of rotatable bonds is 7. The van der Waals surface area contributed by atoms with Crippen LogP contribution in [0.15, 0.2) is 50.1 Å². The Balaban J connectivity index is 1.85. The van der Waals surface area contributed by atoms with Gasteiger partial charge in [0.1, 0.15) is 5.58 Å². The Morgan fingerprint density at radius 1 is 1.19 bits per heavy atom. The number of nitrogens with zero attached hydrogens (tertiary/aromatic N) is 1. The van der Waals surface area contributed by atoms with Crippen LogP contribution < -0.4 is 10.2 Å². The molecule has 1 aliphatic rings. The standard InChI is InChI=1S/C24H24BrNO6/c1-13(2)31-10-4-9-26-21(14-5-7-17(27)19(11-14)30-3)20-22(28)16-12-15(25)6-8-18(16)32-23(20)24(26)29/h5-8,11-13,21,27H,4,9-10H2,1-3H3. The van der Waals surface area contributed by atoms with Crippen LogP contribution in [-0.4, -0.2) is 42.3 Å². The van der Waals surface area contributed by atoms with Gasteiger partial charge in [0.25, 0.3) is 5.91 Å². The maximum atomic E-state index is 13.5. The molecule has 0 radical (unpaired) electrons. The molecular weight excluding hydrogens is 478 g/mol. The van der Waals surface area contributed by atoms with Gasteiger partial charge in [-0.05, 0) is 56.2 Å². The molecule has 4 rings (SSSR count). The summed E-state index contributed by atoms with van der Waals surface area (Å²) in [6, 6.07) is 9.30. The third kappa shape index (κ3) is 4.00. The van der Waals surface area contributed by atoms with Crippen LogP contribution in [0.5, 0.6) is 11.5 Å².